The van der Waals surface area contributed by atoms with Crippen LogP contribution in [0.2, 0.25) is 10.0 Å². The van der Waals surface area contributed by atoms with Gasteiger partial charge in [0, 0.05) is 28.9 Å². The van der Waals surface area contributed by atoms with Crippen molar-refractivity contribution in [2.24, 2.45) is 0 Å². The summed E-state index contributed by atoms with van der Waals surface area (Å²) in [4.78, 5) is 27.4. The van der Waals surface area contributed by atoms with Gasteiger partial charge in [0.2, 0.25) is 11.8 Å². The SMILES string of the molecule is CCCNC(=O)[C@H](CC)N(Cc1ccc(F)cc1)C(=O)CSCc1ccc(Cl)cc1Cl. The molecule has 8 heteroatoms. The van der Waals surface area contributed by atoms with Crippen LogP contribution < -0.4 is 5.32 Å². The zero-order chi connectivity index (χ0) is 22.8. The molecule has 0 heterocycles. The Balaban J connectivity index is 2.11. The summed E-state index contributed by atoms with van der Waals surface area (Å²) in [5.74, 6) is 0.0658. The minimum absolute atomic E-state index is 0.155. The van der Waals surface area contributed by atoms with Crippen molar-refractivity contribution in [3.05, 3.63) is 69.5 Å². The first kappa shape index (κ1) is 25.5. The Hall–Kier alpha value is -1.76. The predicted octanol–water partition coefficient (Wildman–Crippen LogP) is 5.70. The van der Waals surface area contributed by atoms with E-state index in [1.54, 1.807) is 29.2 Å². The molecule has 1 N–H and O–H groups in total. The maximum atomic E-state index is 13.3. The first-order valence-corrected chi connectivity index (χ1v) is 12.1. The first-order chi connectivity index (χ1) is 14.8. The molecular formula is C23H27Cl2FN2O2S. The van der Waals surface area contributed by atoms with Gasteiger partial charge in [0.05, 0.1) is 5.75 Å². The molecule has 2 aromatic rings. The molecule has 0 saturated heterocycles. The van der Waals surface area contributed by atoms with Gasteiger partial charge in [-0.1, -0.05) is 55.2 Å². The van der Waals surface area contributed by atoms with Crippen LogP contribution in [0.1, 0.15) is 37.8 Å². The van der Waals surface area contributed by atoms with Crippen LogP contribution in [-0.4, -0.2) is 35.1 Å². The molecule has 0 aromatic heterocycles. The summed E-state index contributed by atoms with van der Waals surface area (Å²) in [6, 6.07) is 10.7. The van der Waals surface area contributed by atoms with Gasteiger partial charge in [0.15, 0.2) is 0 Å². The number of hydrogen-bond donors (Lipinski definition) is 1. The second kappa shape index (κ2) is 12.9. The fourth-order valence-electron chi connectivity index (χ4n) is 3.04. The van der Waals surface area contributed by atoms with E-state index in [0.717, 1.165) is 17.5 Å². The van der Waals surface area contributed by atoms with Crippen LogP contribution >= 0.6 is 35.0 Å². The molecule has 2 aromatic carbocycles. The zero-order valence-corrected chi connectivity index (χ0v) is 20.0. The Morgan fingerprint density at radius 3 is 2.45 bits per heavy atom. The number of hydrogen-bond acceptors (Lipinski definition) is 3. The van der Waals surface area contributed by atoms with E-state index in [9.17, 15) is 14.0 Å². The molecule has 2 rings (SSSR count). The van der Waals surface area contributed by atoms with E-state index in [4.69, 9.17) is 23.2 Å². The number of nitrogens with one attached hydrogen (secondary N) is 1. The minimum atomic E-state index is -0.594. The molecule has 0 fully saturated rings. The molecule has 0 aliphatic rings. The lowest BCUT2D eigenvalue weighted by atomic mass is 10.1. The van der Waals surface area contributed by atoms with E-state index < -0.39 is 6.04 Å². The highest BCUT2D eigenvalue weighted by Crippen LogP contribution is 2.25. The maximum absolute atomic E-state index is 13.3. The number of halogens is 3. The largest absolute Gasteiger partial charge is 0.354 e. The van der Waals surface area contributed by atoms with Gasteiger partial charge in [0.1, 0.15) is 11.9 Å². The standard InChI is InChI=1S/C23H27Cl2FN2O2S/c1-3-11-27-23(30)21(4-2)28(13-16-5-9-19(26)10-6-16)22(29)15-31-14-17-7-8-18(24)12-20(17)25/h5-10,12,21H,3-4,11,13-15H2,1-2H3,(H,27,30)/t21-/m0/s1. The maximum Gasteiger partial charge on any atom is 0.242 e. The summed E-state index contributed by atoms with van der Waals surface area (Å²) < 4.78 is 13.3. The fraction of sp³-hybridized carbons (Fsp3) is 0.391. The number of thioether (sulfide) groups is 1. The normalized spacial score (nSPS) is 11.8. The highest BCUT2D eigenvalue weighted by atomic mass is 35.5. The molecule has 0 aliphatic carbocycles. The van der Waals surface area contributed by atoms with E-state index in [-0.39, 0.29) is 29.9 Å². The monoisotopic (exact) mass is 484 g/mol. The van der Waals surface area contributed by atoms with E-state index in [1.165, 1.54) is 23.9 Å². The average Bonchev–Trinajstić information content (AvgIpc) is 2.74. The summed E-state index contributed by atoms with van der Waals surface area (Å²) in [6.07, 6.45) is 1.29. The highest BCUT2D eigenvalue weighted by molar-refractivity contribution is 7.99. The van der Waals surface area contributed by atoms with Crippen LogP contribution in [0, 0.1) is 5.82 Å². The number of rotatable bonds is 11. The number of benzene rings is 2. The van der Waals surface area contributed by atoms with Crippen molar-refractivity contribution in [2.75, 3.05) is 12.3 Å². The lowest BCUT2D eigenvalue weighted by molar-refractivity contribution is -0.139. The van der Waals surface area contributed by atoms with Gasteiger partial charge in [-0.3, -0.25) is 9.59 Å². The van der Waals surface area contributed by atoms with Crippen molar-refractivity contribution in [2.45, 2.75) is 45.0 Å². The Bertz CT molecular complexity index is 880. The van der Waals surface area contributed by atoms with Crippen LogP contribution in [0.3, 0.4) is 0 Å². The minimum Gasteiger partial charge on any atom is -0.354 e. The Labute approximate surface area is 197 Å². The Kier molecular flexibility index (Phi) is 10.6. The van der Waals surface area contributed by atoms with Gasteiger partial charge < -0.3 is 10.2 Å². The lowest BCUT2D eigenvalue weighted by Crippen LogP contribution is -2.49. The lowest BCUT2D eigenvalue weighted by Gasteiger charge is -2.30. The number of carbonyl (C=O) groups is 2. The fourth-order valence-corrected chi connectivity index (χ4v) is 4.51. The van der Waals surface area contributed by atoms with E-state index >= 15 is 0 Å². The Morgan fingerprint density at radius 2 is 1.84 bits per heavy atom. The van der Waals surface area contributed by atoms with E-state index in [1.807, 2.05) is 19.9 Å². The molecule has 0 spiro atoms. The molecule has 0 aliphatic heterocycles. The molecule has 2 amide bonds. The third kappa shape index (κ3) is 8.02. The molecule has 1 atom stereocenters. The third-order valence-corrected chi connectivity index (χ3v) is 6.25. The number of nitrogens with zero attached hydrogens (tertiary/aromatic N) is 1. The van der Waals surface area contributed by atoms with Crippen molar-refractivity contribution in [1.82, 2.24) is 10.2 Å². The van der Waals surface area contributed by atoms with Gasteiger partial charge in [-0.2, -0.15) is 0 Å². The number of carbonyl (C=O) groups excluding carboxylic acids is 2. The van der Waals surface area contributed by atoms with Gasteiger partial charge in [-0.15, -0.1) is 11.8 Å². The Morgan fingerprint density at radius 1 is 1.13 bits per heavy atom. The summed E-state index contributed by atoms with van der Waals surface area (Å²) in [5, 5.41) is 3.99. The topological polar surface area (TPSA) is 49.4 Å². The molecule has 0 bridgehead atoms. The molecule has 168 valence electrons. The molecule has 0 unspecified atom stereocenters. The van der Waals surface area contributed by atoms with Crippen molar-refractivity contribution < 1.29 is 14.0 Å². The van der Waals surface area contributed by atoms with Crippen LogP contribution in [0.15, 0.2) is 42.5 Å². The second-order valence-electron chi connectivity index (χ2n) is 7.09. The van der Waals surface area contributed by atoms with Gasteiger partial charge >= 0.3 is 0 Å². The molecule has 31 heavy (non-hydrogen) atoms. The molecule has 0 radical (unpaired) electrons. The molecule has 4 nitrogen and oxygen atoms in total. The van der Waals surface area contributed by atoms with Crippen LogP contribution in [0.25, 0.3) is 0 Å². The summed E-state index contributed by atoms with van der Waals surface area (Å²) in [7, 11) is 0. The van der Waals surface area contributed by atoms with Crippen LogP contribution in [0.5, 0.6) is 0 Å². The molecular weight excluding hydrogens is 458 g/mol. The van der Waals surface area contributed by atoms with Crippen LogP contribution in [0.4, 0.5) is 4.39 Å². The van der Waals surface area contributed by atoms with E-state index in [0.29, 0.717) is 28.8 Å². The van der Waals surface area contributed by atoms with Crippen molar-refractivity contribution >= 4 is 46.8 Å². The smallest absolute Gasteiger partial charge is 0.242 e. The number of amides is 2. The van der Waals surface area contributed by atoms with Gasteiger partial charge in [-0.05, 0) is 48.2 Å². The summed E-state index contributed by atoms with van der Waals surface area (Å²) >= 11 is 13.6. The van der Waals surface area contributed by atoms with Gasteiger partial charge in [0.25, 0.3) is 0 Å². The van der Waals surface area contributed by atoms with Crippen molar-refractivity contribution in [1.29, 1.82) is 0 Å². The first-order valence-electron chi connectivity index (χ1n) is 10.2. The predicted molar refractivity (Wildman–Crippen MR) is 127 cm³/mol. The third-order valence-electron chi connectivity index (χ3n) is 4.70. The summed E-state index contributed by atoms with van der Waals surface area (Å²) in [6.45, 7) is 4.64. The van der Waals surface area contributed by atoms with Crippen molar-refractivity contribution in [3.63, 3.8) is 0 Å². The van der Waals surface area contributed by atoms with Gasteiger partial charge in [-0.25, -0.2) is 4.39 Å². The average molecular weight is 485 g/mol. The summed E-state index contributed by atoms with van der Waals surface area (Å²) in [5.41, 5.74) is 1.66. The quantitative estimate of drug-likeness (QED) is 0.444. The van der Waals surface area contributed by atoms with Crippen molar-refractivity contribution in [3.8, 4) is 0 Å². The van der Waals surface area contributed by atoms with Crippen LogP contribution in [-0.2, 0) is 21.9 Å². The van der Waals surface area contributed by atoms with E-state index in [2.05, 4.69) is 5.32 Å². The second-order valence-corrected chi connectivity index (χ2v) is 8.92. The highest BCUT2D eigenvalue weighted by Gasteiger charge is 2.28. The molecule has 0 saturated carbocycles. The zero-order valence-electron chi connectivity index (χ0n) is 17.7.